The third-order valence-corrected chi connectivity index (χ3v) is 13.3. The van der Waals surface area contributed by atoms with Crippen LogP contribution < -0.4 is 0 Å². The van der Waals surface area contributed by atoms with Crippen molar-refractivity contribution in [3.05, 3.63) is 249 Å². The Labute approximate surface area is 388 Å². The van der Waals surface area contributed by atoms with Gasteiger partial charge < -0.3 is 4.40 Å². The molecule has 3 heterocycles. The number of para-hydroxylation sites is 2. The molecular weight excluding hydrogens is 811 g/mol. The smallest absolute Gasteiger partial charge is 0.160 e. The number of nitrogens with zero attached hydrogens (tertiary/aromatic N) is 3. The molecule has 3 heteroatoms. The Balaban J connectivity index is 0.890. The lowest BCUT2D eigenvalue weighted by molar-refractivity contribution is 1.18. The Morgan fingerprint density at radius 3 is 1.22 bits per heavy atom. The van der Waals surface area contributed by atoms with E-state index in [1.165, 1.54) is 65.9 Å². The minimum absolute atomic E-state index is 0.704. The van der Waals surface area contributed by atoms with Gasteiger partial charge >= 0.3 is 0 Å². The van der Waals surface area contributed by atoms with E-state index in [0.29, 0.717) is 5.82 Å². The molecule has 13 rings (SSSR count). The Morgan fingerprint density at radius 2 is 0.612 bits per heavy atom. The molecule has 67 heavy (non-hydrogen) atoms. The van der Waals surface area contributed by atoms with E-state index >= 15 is 0 Å². The van der Waals surface area contributed by atoms with Crippen LogP contribution in [0, 0.1) is 0 Å². The van der Waals surface area contributed by atoms with E-state index in [4.69, 9.17) is 9.97 Å². The van der Waals surface area contributed by atoms with Crippen LogP contribution in [-0.4, -0.2) is 14.4 Å². The van der Waals surface area contributed by atoms with Crippen molar-refractivity contribution in [2.24, 2.45) is 0 Å². The highest BCUT2D eigenvalue weighted by molar-refractivity contribution is 6.23. The molecule has 10 aromatic carbocycles. The van der Waals surface area contributed by atoms with Crippen LogP contribution in [0.4, 0.5) is 0 Å². The van der Waals surface area contributed by atoms with Crippen molar-refractivity contribution in [3.63, 3.8) is 0 Å². The minimum Gasteiger partial charge on any atom is -0.308 e. The SMILES string of the molecule is c1ccc(-c2cc(-c3cccc(-c4cccc(-c5ccc6c7cccc8c9ccccc9n(c6c5)c87)c4)c3)cc(-c3cccc(-c4cc(-c5ccccc5)nc(-c5ccccc5)n4)c3)c2)cc1. The first-order chi connectivity index (χ1) is 33.2. The van der Waals surface area contributed by atoms with E-state index in [2.05, 4.69) is 229 Å². The first-order valence-corrected chi connectivity index (χ1v) is 22.9. The molecule has 3 aromatic heterocycles. The number of aromatic nitrogens is 3. The van der Waals surface area contributed by atoms with Crippen molar-refractivity contribution in [1.29, 1.82) is 0 Å². The van der Waals surface area contributed by atoms with Gasteiger partial charge in [-0.2, -0.15) is 0 Å². The van der Waals surface area contributed by atoms with E-state index in [1.54, 1.807) is 0 Å². The summed E-state index contributed by atoms with van der Waals surface area (Å²) in [6.45, 7) is 0. The molecule has 13 aromatic rings. The molecule has 0 fully saturated rings. The maximum absolute atomic E-state index is 5.16. The van der Waals surface area contributed by atoms with Gasteiger partial charge in [-0.05, 0) is 110 Å². The summed E-state index contributed by atoms with van der Waals surface area (Å²) < 4.78 is 2.46. The van der Waals surface area contributed by atoms with Gasteiger partial charge in [0.1, 0.15) is 0 Å². The van der Waals surface area contributed by atoms with Gasteiger partial charge in [-0.3, -0.25) is 0 Å². The topological polar surface area (TPSA) is 30.2 Å². The summed E-state index contributed by atoms with van der Waals surface area (Å²) in [5.74, 6) is 0.704. The summed E-state index contributed by atoms with van der Waals surface area (Å²) in [4.78, 5) is 10.2. The van der Waals surface area contributed by atoms with Gasteiger partial charge in [-0.1, -0.05) is 194 Å². The molecule has 0 unspecified atom stereocenters. The summed E-state index contributed by atoms with van der Waals surface area (Å²) in [6.07, 6.45) is 0. The lowest BCUT2D eigenvalue weighted by atomic mass is 9.91. The average Bonchev–Trinajstić information content (AvgIpc) is 3.94. The highest BCUT2D eigenvalue weighted by Crippen LogP contribution is 2.41. The quantitative estimate of drug-likeness (QED) is 0.152. The summed E-state index contributed by atoms with van der Waals surface area (Å²) >= 11 is 0. The second kappa shape index (κ2) is 16.0. The highest BCUT2D eigenvalue weighted by Gasteiger charge is 2.18. The molecular formula is C64H41N3. The van der Waals surface area contributed by atoms with E-state index in [0.717, 1.165) is 55.9 Å². The van der Waals surface area contributed by atoms with Gasteiger partial charge in [-0.25, -0.2) is 9.97 Å². The molecule has 312 valence electrons. The van der Waals surface area contributed by atoms with Crippen molar-refractivity contribution in [2.45, 2.75) is 0 Å². The predicted molar refractivity (Wildman–Crippen MR) is 280 cm³/mol. The van der Waals surface area contributed by atoms with Crippen molar-refractivity contribution in [1.82, 2.24) is 14.4 Å². The minimum atomic E-state index is 0.704. The maximum atomic E-state index is 5.16. The van der Waals surface area contributed by atoms with Crippen molar-refractivity contribution < 1.29 is 0 Å². The zero-order chi connectivity index (χ0) is 44.3. The van der Waals surface area contributed by atoms with Crippen LogP contribution in [0.25, 0.3) is 128 Å². The lowest BCUT2D eigenvalue weighted by Crippen LogP contribution is -1.96. The Kier molecular flexibility index (Phi) is 9.17. The van der Waals surface area contributed by atoms with Crippen molar-refractivity contribution in [3.8, 4) is 89.5 Å². The van der Waals surface area contributed by atoms with Gasteiger partial charge in [0.25, 0.3) is 0 Å². The van der Waals surface area contributed by atoms with Gasteiger partial charge in [0.2, 0.25) is 0 Å². The number of rotatable bonds is 8. The van der Waals surface area contributed by atoms with Crippen molar-refractivity contribution in [2.75, 3.05) is 0 Å². The fraction of sp³-hybridized carbons (Fsp3) is 0. The van der Waals surface area contributed by atoms with Crippen LogP contribution in [0.1, 0.15) is 0 Å². The Morgan fingerprint density at radius 1 is 0.224 bits per heavy atom. The number of fused-ring (bicyclic) bond motifs is 6. The zero-order valence-electron chi connectivity index (χ0n) is 36.5. The molecule has 0 bridgehead atoms. The van der Waals surface area contributed by atoms with Crippen LogP contribution in [0.3, 0.4) is 0 Å². The van der Waals surface area contributed by atoms with Gasteiger partial charge in [0.05, 0.1) is 27.9 Å². The molecule has 0 atom stereocenters. The van der Waals surface area contributed by atoms with Crippen molar-refractivity contribution >= 4 is 38.1 Å². The fourth-order valence-electron chi connectivity index (χ4n) is 10.1. The molecule has 0 saturated heterocycles. The average molecular weight is 852 g/mol. The van der Waals surface area contributed by atoms with Gasteiger partial charge in [0, 0.05) is 38.2 Å². The van der Waals surface area contributed by atoms with Gasteiger partial charge in [0.15, 0.2) is 5.82 Å². The highest BCUT2D eigenvalue weighted by atomic mass is 14.9. The fourth-order valence-corrected chi connectivity index (χ4v) is 10.1. The van der Waals surface area contributed by atoms with Crippen LogP contribution in [0.5, 0.6) is 0 Å². The second-order valence-electron chi connectivity index (χ2n) is 17.4. The summed E-state index contributed by atoms with van der Waals surface area (Å²) in [5.41, 5.74) is 20.3. The maximum Gasteiger partial charge on any atom is 0.160 e. The van der Waals surface area contributed by atoms with Crippen LogP contribution in [0.15, 0.2) is 249 Å². The molecule has 0 aliphatic rings. The molecule has 0 radical (unpaired) electrons. The molecule has 3 nitrogen and oxygen atoms in total. The van der Waals surface area contributed by atoms with E-state index in [1.807, 2.05) is 24.3 Å². The Bertz CT molecular complexity index is 3910. The van der Waals surface area contributed by atoms with E-state index in [-0.39, 0.29) is 0 Å². The monoisotopic (exact) mass is 851 g/mol. The zero-order valence-corrected chi connectivity index (χ0v) is 36.5. The van der Waals surface area contributed by atoms with Gasteiger partial charge in [-0.15, -0.1) is 0 Å². The molecule has 0 N–H and O–H groups in total. The summed E-state index contributed by atoms with van der Waals surface area (Å²) in [5, 5.41) is 5.18. The normalized spacial score (nSPS) is 11.6. The predicted octanol–water partition coefficient (Wildman–Crippen LogP) is 17.0. The number of hydrogen-bond donors (Lipinski definition) is 0. The Hall–Kier alpha value is -8.92. The molecule has 0 aliphatic carbocycles. The number of hydrogen-bond acceptors (Lipinski definition) is 2. The van der Waals surface area contributed by atoms with E-state index in [9.17, 15) is 0 Å². The third kappa shape index (κ3) is 6.84. The standard InChI is InChI=1S/C64H41N3/c1-4-16-42(17-5-1)52-37-53(39-54(38-52)49-26-14-27-51(36-49)60-41-59(43-18-6-2-7-19-43)65-64(66-60)44-20-8-3-9-21-44)48-25-13-23-46(35-48)45-22-12-24-47(34-45)50-32-33-56-58-30-15-29-57-55-28-10-11-31-61(55)67(63(57)58)62(56)40-50/h1-41H. The third-order valence-electron chi connectivity index (χ3n) is 13.3. The largest absolute Gasteiger partial charge is 0.308 e. The molecule has 0 saturated carbocycles. The van der Waals surface area contributed by atoms with Crippen LogP contribution in [-0.2, 0) is 0 Å². The first-order valence-electron chi connectivity index (χ1n) is 22.9. The molecule has 0 amide bonds. The molecule has 0 aliphatic heterocycles. The second-order valence-corrected chi connectivity index (χ2v) is 17.4. The van der Waals surface area contributed by atoms with E-state index < -0.39 is 0 Å². The summed E-state index contributed by atoms with van der Waals surface area (Å²) in [6, 6.07) is 89.5. The first kappa shape index (κ1) is 38.5. The summed E-state index contributed by atoms with van der Waals surface area (Å²) in [7, 11) is 0. The van der Waals surface area contributed by atoms with Crippen LogP contribution >= 0.6 is 0 Å². The van der Waals surface area contributed by atoms with Crippen LogP contribution in [0.2, 0.25) is 0 Å². The number of benzene rings is 10. The molecule has 0 spiro atoms. The lowest BCUT2D eigenvalue weighted by Gasteiger charge is -2.14.